The van der Waals surface area contributed by atoms with E-state index in [1.807, 2.05) is 24.3 Å². The van der Waals surface area contributed by atoms with Crippen LogP contribution in [0.1, 0.15) is 24.0 Å². The van der Waals surface area contributed by atoms with Crippen molar-refractivity contribution in [2.45, 2.75) is 19.4 Å². The van der Waals surface area contributed by atoms with Crippen molar-refractivity contribution in [1.29, 1.82) is 0 Å². The Labute approximate surface area is 145 Å². The molecular formula is C19H19FN2O3. The molecule has 3 N–H and O–H groups in total. The predicted octanol–water partition coefficient (Wildman–Crippen LogP) is 2.95. The monoisotopic (exact) mass is 342 g/mol. The topological polar surface area (TPSA) is 73.6 Å². The Balaban J connectivity index is 1.67. The van der Waals surface area contributed by atoms with Crippen LogP contribution >= 0.6 is 0 Å². The second-order valence-electron chi connectivity index (χ2n) is 5.68. The fourth-order valence-corrected chi connectivity index (χ4v) is 2.67. The van der Waals surface area contributed by atoms with Gasteiger partial charge in [0.1, 0.15) is 30.5 Å². The zero-order chi connectivity index (χ0) is 17.6. The number of benzene rings is 2. The first kappa shape index (κ1) is 17.0. The van der Waals surface area contributed by atoms with Crippen LogP contribution in [0.25, 0.3) is 5.57 Å². The normalized spacial score (nSPS) is 12.6. The maximum absolute atomic E-state index is 13.2. The van der Waals surface area contributed by atoms with Crippen molar-refractivity contribution in [1.82, 2.24) is 5.43 Å². The molecule has 0 saturated heterocycles. The number of nitrogens with one attached hydrogen (secondary N) is 1. The van der Waals surface area contributed by atoms with Crippen molar-refractivity contribution in [2.75, 3.05) is 6.61 Å². The number of hydrogen-bond acceptors (Lipinski definition) is 4. The number of allylic oxidation sites excluding steroid dienone is 1. The SMILES string of the molecule is NNC(=O)CCC1=CCOc2cc(OCc3cccc(F)c3)ccc21. The maximum atomic E-state index is 13.2. The summed E-state index contributed by atoms with van der Waals surface area (Å²) in [6.45, 7) is 0.718. The minimum absolute atomic E-state index is 0.205. The second-order valence-corrected chi connectivity index (χ2v) is 5.68. The average molecular weight is 342 g/mol. The van der Waals surface area contributed by atoms with Crippen LogP contribution in [0.2, 0.25) is 0 Å². The molecule has 1 heterocycles. The van der Waals surface area contributed by atoms with Gasteiger partial charge in [0.25, 0.3) is 0 Å². The van der Waals surface area contributed by atoms with Gasteiger partial charge < -0.3 is 9.47 Å². The van der Waals surface area contributed by atoms with Gasteiger partial charge in [-0.2, -0.15) is 0 Å². The second kappa shape index (κ2) is 7.81. The largest absolute Gasteiger partial charge is 0.489 e. The Hall–Kier alpha value is -2.86. The molecule has 0 atom stereocenters. The van der Waals surface area contributed by atoms with Crippen LogP contribution in [0, 0.1) is 5.82 Å². The van der Waals surface area contributed by atoms with Gasteiger partial charge in [-0.3, -0.25) is 10.2 Å². The van der Waals surface area contributed by atoms with Crippen molar-refractivity contribution in [3.8, 4) is 11.5 Å². The van der Waals surface area contributed by atoms with E-state index in [4.69, 9.17) is 15.3 Å². The summed E-state index contributed by atoms with van der Waals surface area (Å²) in [5.74, 6) is 5.97. The highest BCUT2D eigenvalue weighted by Gasteiger charge is 2.15. The number of nitrogens with two attached hydrogens (primary N) is 1. The van der Waals surface area contributed by atoms with E-state index >= 15 is 0 Å². The molecule has 0 bridgehead atoms. The van der Waals surface area contributed by atoms with E-state index in [0.29, 0.717) is 30.9 Å². The van der Waals surface area contributed by atoms with Crippen LogP contribution in [0.15, 0.2) is 48.5 Å². The lowest BCUT2D eigenvalue weighted by atomic mass is 9.98. The fourth-order valence-electron chi connectivity index (χ4n) is 2.67. The van der Waals surface area contributed by atoms with Gasteiger partial charge in [0.2, 0.25) is 5.91 Å². The molecule has 6 heteroatoms. The van der Waals surface area contributed by atoms with Crippen molar-refractivity contribution in [3.05, 3.63) is 65.5 Å². The predicted molar refractivity (Wildman–Crippen MR) is 92.2 cm³/mol. The summed E-state index contributed by atoms with van der Waals surface area (Å²) < 4.78 is 24.6. The highest BCUT2D eigenvalue weighted by atomic mass is 19.1. The Kier molecular flexibility index (Phi) is 5.30. The number of halogens is 1. The number of hydrogen-bond donors (Lipinski definition) is 2. The van der Waals surface area contributed by atoms with Crippen LogP contribution in [0.3, 0.4) is 0 Å². The molecule has 25 heavy (non-hydrogen) atoms. The zero-order valence-corrected chi connectivity index (χ0v) is 13.6. The number of ether oxygens (including phenoxy) is 2. The molecule has 5 nitrogen and oxygen atoms in total. The lowest BCUT2D eigenvalue weighted by molar-refractivity contribution is -0.121. The van der Waals surface area contributed by atoms with Gasteiger partial charge >= 0.3 is 0 Å². The summed E-state index contributed by atoms with van der Waals surface area (Å²) in [5, 5.41) is 0. The van der Waals surface area contributed by atoms with Gasteiger partial charge in [0.05, 0.1) is 0 Å². The van der Waals surface area contributed by atoms with Gasteiger partial charge in [-0.1, -0.05) is 12.1 Å². The average Bonchev–Trinajstić information content (AvgIpc) is 2.64. The highest BCUT2D eigenvalue weighted by molar-refractivity contribution is 5.80. The number of hydrazine groups is 1. The number of amides is 1. The summed E-state index contributed by atoms with van der Waals surface area (Å²) >= 11 is 0. The first-order chi connectivity index (χ1) is 12.2. The van der Waals surface area contributed by atoms with E-state index < -0.39 is 0 Å². The number of carbonyl (C=O) groups is 1. The molecule has 1 amide bonds. The summed E-state index contributed by atoms with van der Waals surface area (Å²) in [7, 11) is 0. The Morgan fingerprint density at radius 3 is 2.96 bits per heavy atom. The molecule has 0 spiro atoms. The molecule has 130 valence electrons. The Morgan fingerprint density at radius 2 is 2.16 bits per heavy atom. The molecule has 0 aliphatic carbocycles. The van der Waals surface area contributed by atoms with E-state index in [9.17, 15) is 9.18 Å². The maximum Gasteiger partial charge on any atom is 0.234 e. The number of rotatable bonds is 6. The van der Waals surface area contributed by atoms with E-state index in [1.165, 1.54) is 12.1 Å². The molecule has 3 rings (SSSR count). The van der Waals surface area contributed by atoms with Crippen molar-refractivity contribution in [3.63, 3.8) is 0 Å². The first-order valence-corrected chi connectivity index (χ1v) is 7.98. The smallest absolute Gasteiger partial charge is 0.234 e. The molecule has 1 aliphatic rings. The Morgan fingerprint density at radius 1 is 1.28 bits per heavy atom. The number of fused-ring (bicyclic) bond motifs is 1. The zero-order valence-electron chi connectivity index (χ0n) is 13.6. The summed E-state index contributed by atoms with van der Waals surface area (Å²) in [4.78, 5) is 11.3. The molecule has 0 saturated carbocycles. The molecule has 2 aromatic carbocycles. The van der Waals surface area contributed by atoms with E-state index in [1.54, 1.807) is 12.1 Å². The van der Waals surface area contributed by atoms with Gasteiger partial charge in [-0.15, -0.1) is 0 Å². The molecule has 0 unspecified atom stereocenters. The van der Waals surface area contributed by atoms with Crippen LogP contribution in [0.4, 0.5) is 4.39 Å². The molecule has 2 aromatic rings. The van der Waals surface area contributed by atoms with Crippen LogP contribution < -0.4 is 20.7 Å². The summed E-state index contributed by atoms with van der Waals surface area (Å²) in [5.41, 5.74) is 4.87. The molecule has 0 aromatic heterocycles. The van der Waals surface area contributed by atoms with Crippen LogP contribution in [0.5, 0.6) is 11.5 Å². The third-order valence-corrected chi connectivity index (χ3v) is 3.94. The first-order valence-electron chi connectivity index (χ1n) is 7.98. The third-order valence-electron chi connectivity index (χ3n) is 3.94. The van der Waals surface area contributed by atoms with Crippen molar-refractivity contribution in [2.24, 2.45) is 5.84 Å². The summed E-state index contributed by atoms with van der Waals surface area (Å²) in [6, 6.07) is 11.9. The molecule has 0 radical (unpaired) electrons. The molecular weight excluding hydrogens is 323 g/mol. The van der Waals surface area contributed by atoms with Gasteiger partial charge in [0, 0.05) is 18.1 Å². The lowest BCUT2D eigenvalue weighted by Crippen LogP contribution is -2.29. The number of carbonyl (C=O) groups excluding carboxylic acids is 1. The minimum Gasteiger partial charge on any atom is -0.489 e. The Bertz CT molecular complexity index is 805. The van der Waals surface area contributed by atoms with E-state index in [-0.39, 0.29) is 18.3 Å². The van der Waals surface area contributed by atoms with E-state index in [2.05, 4.69) is 5.43 Å². The highest BCUT2D eigenvalue weighted by Crippen LogP contribution is 2.35. The van der Waals surface area contributed by atoms with Gasteiger partial charge in [-0.05, 0) is 47.9 Å². The summed E-state index contributed by atoms with van der Waals surface area (Å²) in [6.07, 6.45) is 2.86. The molecule has 1 aliphatic heterocycles. The fraction of sp³-hybridized carbons (Fsp3) is 0.211. The van der Waals surface area contributed by atoms with Crippen molar-refractivity contribution < 1.29 is 18.7 Å². The standard InChI is InChI=1S/C19H19FN2O3/c20-15-3-1-2-13(10-15)12-25-16-5-6-17-14(4-7-19(23)22-21)8-9-24-18(17)11-16/h1-3,5-6,8,10-11H,4,7,9,12,21H2,(H,22,23). The van der Waals surface area contributed by atoms with Crippen LogP contribution in [-0.2, 0) is 11.4 Å². The van der Waals surface area contributed by atoms with Gasteiger partial charge in [-0.25, -0.2) is 10.2 Å². The van der Waals surface area contributed by atoms with Crippen LogP contribution in [-0.4, -0.2) is 12.5 Å². The quantitative estimate of drug-likeness (QED) is 0.481. The van der Waals surface area contributed by atoms with E-state index in [0.717, 1.165) is 16.7 Å². The minimum atomic E-state index is -0.286. The molecule has 0 fully saturated rings. The van der Waals surface area contributed by atoms with Gasteiger partial charge in [0.15, 0.2) is 0 Å². The third kappa shape index (κ3) is 4.36. The van der Waals surface area contributed by atoms with Crippen molar-refractivity contribution >= 4 is 11.5 Å². The lowest BCUT2D eigenvalue weighted by Gasteiger charge is -2.19.